The van der Waals surface area contributed by atoms with Gasteiger partial charge in [0, 0.05) is 18.2 Å². The minimum Gasteiger partial charge on any atom is -0.366 e. The lowest BCUT2D eigenvalue weighted by atomic mass is 9.98. The van der Waals surface area contributed by atoms with E-state index in [1.54, 1.807) is 6.07 Å². The number of piperidine rings is 1. The number of likely N-dealkylation sites (tertiary alicyclic amines) is 1. The van der Waals surface area contributed by atoms with Crippen molar-refractivity contribution in [2.75, 3.05) is 20.1 Å². The van der Waals surface area contributed by atoms with Crippen LogP contribution in [0.25, 0.3) is 0 Å². The number of nitrogens with zero attached hydrogens (tertiary/aromatic N) is 1. The Balaban J connectivity index is 2.02. The van der Waals surface area contributed by atoms with Crippen molar-refractivity contribution in [3.8, 4) is 0 Å². The highest BCUT2D eigenvalue weighted by Gasteiger charge is 2.21. The third-order valence-electron chi connectivity index (χ3n) is 4.07. The molecule has 1 atom stereocenters. The molecule has 0 spiro atoms. The van der Waals surface area contributed by atoms with E-state index in [2.05, 4.69) is 16.3 Å². The number of benzene rings is 1. The second-order valence-corrected chi connectivity index (χ2v) is 5.58. The molecule has 4 heteroatoms. The van der Waals surface area contributed by atoms with Crippen LogP contribution in [0.1, 0.15) is 41.6 Å². The number of nitrogens with two attached hydrogens (primary N) is 1. The van der Waals surface area contributed by atoms with E-state index in [0.29, 0.717) is 11.6 Å². The fraction of sp³-hybridized carbons (Fsp3) is 0.562. The Bertz CT molecular complexity index is 447. The van der Waals surface area contributed by atoms with E-state index in [9.17, 15) is 4.79 Å². The molecule has 4 nitrogen and oxygen atoms in total. The average Bonchev–Trinajstić information content (AvgIpc) is 2.46. The van der Waals surface area contributed by atoms with E-state index < -0.39 is 0 Å². The first-order chi connectivity index (χ1) is 9.70. The van der Waals surface area contributed by atoms with Crippen LogP contribution >= 0.6 is 0 Å². The number of hydrogen-bond donors (Lipinski definition) is 2. The summed E-state index contributed by atoms with van der Waals surface area (Å²) in [6, 6.07) is 8.35. The van der Waals surface area contributed by atoms with Crippen molar-refractivity contribution in [3.63, 3.8) is 0 Å². The van der Waals surface area contributed by atoms with Gasteiger partial charge in [0.05, 0.1) is 0 Å². The molecule has 0 bridgehead atoms. The van der Waals surface area contributed by atoms with Gasteiger partial charge in [0.25, 0.3) is 0 Å². The molecule has 1 aliphatic heterocycles. The van der Waals surface area contributed by atoms with Crippen molar-refractivity contribution in [1.82, 2.24) is 10.2 Å². The molecule has 0 aliphatic carbocycles. The van der Waals surface area contributed by atoms with E-state index in [4.69, 9.17) is 5.73 Å². The van der Waals surface area contributed by atoms with Gasteiger partial charge in [-0.15, -0.1) is 0 Å². The largest absolute Gasteiger partial charge is 0.366 e. The number of hydrogen-bond acceptors (Lipinski definition) is 3. The summed E-state index contributed by atoms with van der Waals surface area (Å²) in [5, 5.41) is 3.24. The highest BCUT2D eigenvalue weighted by Crippen LogP contribution is 2.22. The monoisotopic (exact) mass is 275 g/mol. The van der Waals surface area contributed by atoms with E-state index in [1.807, 2.05) is 19.2 Å². The lowest BCUT2D eigenvalue weighted by Gasteiger charge is -2.36. The normalized spacial score (nSPS) is 19.9. The van der Waals surface area contributed by atoms with Gasteiger partial charge in [-0.1, -0.05) is 18.6 Å². The van der Waals surface area contributed by atoms with Gasteiger partial charge in [-0.25, -0.2) is 0 Å². The van der Waals surface area contributed by atoms with Gasteiger partial charge in [-0.2, -0.15) is 0 Å². The van der Waals surface area contributed by atoms with Gasteiger partial charge < -0.3 is 11.1 Å². The number of primary amides is 1. The SMILES string of the molecule is CNCCC1CCCCN1Cc1cccc(C(N)=O)c1. The van der Waals surface area contributed by atoms with Crippen molar-refractivity contribution in [1.29, 1.82) is 0 Å². The molecule has 1 saturated heterocycles. The van der Waals surface area contributed by atoms with Crippen LogP contribution in [0.15, 0.2) is 24.3 Å². The van der Waals surface area contributed by atoms with Crippen molar-refractivity contribution in [3.05, 3.63) is 35.4 Å². The number of carbonyl (C=O) groups excluding carboxylic acids is 1. The Morgan fingerprint density at radius 2 is 2.30 bits per heavy atom. The molecule has 110 valence electrons. The van der Waals surface area contributed by atoms with Crippen LogP contribution in [-0.2, 0) is 6.54 Å². The van der Waals surface area contributed by atoms with Crippen LogP contribution in [0.4, 0.5) is 0 Å². The molecule has 1 aliphatic rings. The molecule has 20 heavy (non-hydrogen) atoms. The van der Waals surface area contributed by atoms with Crippen LogP contribution in [-0.4, -0.2) is 37.0 Å². The van der Waals surface area contributed by atoms with Gasteiger partial charge in [0.1, 0.15) is 0 Å². The summed E-state index contributed by atoms with van der Waals surface area (Å²) < 4.78 is 0. The maximum Gasteiger partial charge on any atom is 0.248 e. The molecule has 3 N–H and O–H groups in total. The zero-order chi connectivity index (χ0) is 14.4. The Kier molecular flexibility index (Phi) is 5.56. The second kappa shape index (κ2) is 7.41. The fourth-order valence-corrected chi connectivity index (χ4v) is 2.96. The molecule has 1 aromatic carbocycles. The Labute approximate surface area is 121 Å². The lowest BCUT2D eigenvalue weighted by Crippen LogP contribution is -2.40. The van der Waals surface area contributed by atoms with Crippen molar-refractivity contribution in [2.24, 2.45) is 5.73 Å². The minimum atomic E-state index is -0.350. The average molecular weight is 275 g/mol. The van der Waals surface area contributed by atoms with Crippen LogP contribution in [0.5, 0.6) is 0 Å². The van der Waals surface area contributed by atoms with Crippen molar-refractivity contribution < 1.29 is 4.79 Å². The van der Waals surface area contributed by atoms with Crippen molar-refractivity contribution >= 4 is 5.91 Å². The highest BCUT2D eigenvalue weighted by molar-refractivity contribution is 5.92. The Morgan fingerprint density at radius 1 is 1.45 bits per heavy atom. The molecule has 2 rings (SSSR count). The Morgan fingerprint density at radius 3 is 3.05 bits per heavy atom. The van der Waals surface area contributed by atoms with E-state index in [0.717, 1.165) is 19.6 Å². The number of rotatable bonds is 6. The highest BCUT2D eigenvalue weighted by atomic mass is 16.1. The van der Waals surface area contributed by atoms with Crippen LogP contribution < -0.4 is 11.1 Å². The summed E-state index contributed by atoms with van der Waals surface area (Å²) in [5.74, 6) is -0.350. The van der Waals surface area contributed by atoms with Crippen LogP contribution in [0, 0.1) is 0 Å². The molecule has 0 aromatic heterocycles. The summed E-state index contributed by atoms with van der Waals surface area (Å²) in [6.45, 7) is 3.12. The Hall–Kier alpha value is -1.39. The topological polar surface area (TPSA) is 58.4 Å². The molecule has 0 saturated carbocycles. The molecule has 1 aromatic rings. The van der Waals surface area contributed by atoms with E-state index >= 15 is 0 Å². The standard InChI is InChI=1S/C16H25N3O/c1-18-9-8-15-7-2-3-10-19(15)12-13-5-4-6-14(11-13)16(17)20/h4-6,11,15,18H,2-3,7-10,12H2,1H3,(H2,17,20). The summed E-state index contributed by atoms with van der Waals surface area (Å²) in [5.41, 5.74) is 7.13. The predicted molar refractivity (Wildman–Crippen MR) is 81.6 cm³/mol. The lowest BCUT2D eigenvalue weighted by molar-refractivity contribution is 0.1000. The quantitative estimate of drug-likeness (QED) is 0.831. The molecule has 1 fully saturated rings. The maximum atomic E-state index is 11.3. The zero-order valence-electron chi connectivity index (χ0n) is 12.3. The first-order valence-electron chi connectivity index (χ1n) is 7.48. The van der Waals surface area contributed by atoms with E-state index in [1.165, 1.54) is 31.2 Å². The summed E-state index contributed by atoms with van der Waals surface area (Å²) in [4.78, 5) is 13.8. The number of amides is 1. The van der Waals surface area contributed by atoms with E-state index in [-0.39, 0.29) is 5.91 Å². The zero-order valence-corrected chi connectivity index (χ0v) is 12.3. The summed E-state index contributed by atoms with van der Waals surface area (Å²) in [7, 11) is 2.00. The molecular formula is C16H25N3O. The second-order valence-electron chi connectivity index (χ2n) is 5.58. The van der Waals surface area contributed by atoms with Gasteiger partial charge in [0.2, 0.25) is 5.91 Å². The number of nitrogens with one attached hydrogen (secondary N) is 1. The summed E-state index contributed by atoms with van der Waals surface area (Å²) >= 11 is 0. The minimum absolute atomic E-state index is 0.350. The number of carbonyl (C=O) groups is 1. The molecular weight excluding hydrogens is 250 g/mol. The molecule has 1 unspecified atom stereocenters. The van der Waals surface area contributed by atoms with Gasteiger partial charge in [0.15, 0.2) is 0 Å². The van der Waals surface area contributed by atoms with Crippen LogP contribution in [0.3, 0.4) is 0 Å². The van der Waals surface area contributed by atoms with Gasteiger partial charge >= 0.3 is 0 Å². The maximum absolute atomic E-state index is 11.3. The third kappa shape index (κ3) is 4.05. The molecule has 0 radical (unpaired) electrons. The fourth-order valence-electron chi connectivity index (χ4n) is 2.96. The molecule has 1 amide bonds. The first kappa shape index (κ1) is 15.0. The van der Waals surface area contributed by atoms with Crippen LogP contribution in [0.2, 0.25) is 0 Å². The van der Waals surface area contributed by atoms with Gasteiger partial charge in [-0.05, 0) is 57.1 Å². The van der Waals surface area contributed by atoms with Gasteiger partial charge in [-0.3, -0.25) is 9.69 Å². The predicted octanol–water partition coefficient (Wildman–Crippen LogP) is 1.75. The first-order valence-corrected chi connectivity index (χ1v) is 7.48. The molecule has 1 heterocycles. The summed E-state index contributed by atoms with van der Waals surface area (Å²) in [6.07, 6.45) is 5.06. The smallest absolute Gasteiger partial charge is 0.248 e. The van der Waals surface area contributed by atoms with Crippen molar-refractivity contribution in [2.45, 2.75) is 38.3 Å². The third-order valence-corrected chi connectivity index (χ3v) is 4.07.